The number of hydrogen-bond acceptors (Lipinski definition) is 4. The molecule has 0 amide bonds. The summed E-state index contributed by atoms with van der Waals surface area (Å²) >= 11 is 0. The Morgan fingerprint density at radius 1 is 0.886 bits per heavy atom. The fourth-order valence-electron chi connectivity index (χ4n) is 6.55. The maximum atomic E-state index is 6.10. The number of aryl methyl sites for hydroxylation is 1. The van der Waals surface area contributed by atoms with Gasteiger partial charge in [0.25, 0.3) is 0 Å². The summed E-state index contributed by atoms with van der Waals surface area (Å²) in [7, 11) is 0. The second kappa shape index (κ2) is 12.0. The van der Waals surface area contributed by atoms with Crippen LogP contribution >= 0.6 is 0 Å². The smallest absolute Gasteiger partial charge is 0.216 e. The molecule has 0 spiro atoms. The van der Waals surface area contributed by atoms with Gasteiger partial charge in [0.05, 0.1) is 22.4 Å². The van der Waals surface area contributed by atoms with Gasteiger partial charge in [-0.3, -0.25) is 4.98 Å². The molecule has 0 saturated heterocycles. The van der Waals surface area contributed by atoms with Gasteiger partial charge < -0.3 is 14.0 Å². The molecule has 3 aromatic carbocycles. The molecule has 4 aromatic heterocycles. The molecule has 44 heavy (non-hydrogen) atoms. The predicted octanol–water partition coefficient (Wildman–Crippen LogP) is 9.34. The second-order valence-corrected chi connectivity index (χ2v) is 11.4. The van der Waals surface area contributed by atoms with Gasteiger partial charge in [0.15, 0.2) is 0 Å². The summed E-state index contributed by atoms with van der Waals surface area (Å²) in [5, 5.41) is 2.12. The van der Waals surface area contributed by atoms with Crippen LogP contribution in [0.1, 0.15) is 48.4 Å². The van der Waals surface area contributed by atoms with Crippen molar-refractivity contribution in [2.45, 2.75) is 45.1 Å². The number of hydrogen-bond donors (Lipinski definition) is 0. The van der Waals surface area contributed by atoms with E-state index < -0.39 is 0 Å². The molecular weight excluding hydrogens is 721 g/mol. The summed E-state index contributed by atoms with van der Waals surface area (Å²) in [6.45, 7) is 2.86. The van der Waals surface area contributed by atoms with Gasteiger partial charge in [0.2, 0.25) is 5.71 Å². The van der Waals surface area contributed by atoms with Crippen LogP contribution in [-0.2, 0) is 26.7 Å². The molecule has 2 aliphatic rings. The van der Waals surface area contributed by atoms with Crippen LogP contribution in [0.25, 0.3) is 61.8 Å². The number of benzene rings is 3. The second-order valence-electron chi connectivity index (χ2n) is 11.4. The van der Waals surface area contributed by atoms with Crippen molar-refractivity contribution >= 4 is 39.2 Å². The Morgan fingerprint density at radius 2 is 1.80 bits per heavy atom. The minimum absolute atomic E-state index is 0. The number of pyridine rings is 2. The zero-order valence-corrected chi connectivity index (χ0v) is 26.8. The van der Waals surface area contributed by atoms with Crippen molar-refractivity contribution in [2.24, 2.45) is 0 Å². The Balaban J connectivity index is 0.000000146. The fraction of sp³-hybridized carbons (Fsp3) is 0.184. The van der Waals surface area contributed by atoms with Crippen molar-refractivity contribution < 1.29 is 24.5 Å². The van der Waals surface area contributed by atoms with Crippen molar-refractivity contribution in [3.63, 3.8) is 0 Å². The normalized spacial score (nSPS) is 14.1. The van der Waals surface area contributed by atoms with Crippen LogP contribution < -0.4 is 0 Å². The maximum Gasteiger partial charge on any atom is 0.216 e. The first-order chi connectivity index (χ1) is 21.2. The molecule has 0 N–H and O–H groups in total. The van der Waals surface area contributed by atoms with E-state index in [4.69, 9.17) is 9.40 Å². The Morgan fingerprint density at radius 3 is 2.66 bits per heavy atom. The third-order valence-corrected chi connectivity index (χ3v) is 8.64. The van der Waals surface area contributed by atoms with Crippen LogP contribution in [0.2, 0.25) is 0 Å². The average molecular weight is 751 g/mol. The van der Waals surface area contributed by atoms with Gasteiger partial charge >= 0.3 is 0 Å². The maximum absolute atomic E-state index is 6.10. The standard InChI is InChI=1S/C22H19N2O.C16H11N2.Ir/c1-14-9-10-18-17-7-4-8-19(21(17)25-22(18)24-14)20-13-16(11-12-23-20)15-5-2-3-6-15;1-2-6-13(7-3-1)16-17-14-10-4-8-12-9-5-11-18(16)15(12)14;/h4,7,9-13,15H,2-3,5-6H2,1H3;1-6,8-10H,11H2;/q2*-1;. The molecule has 6 heteroatoms. The number of para-hydroxylation sites is 1. The van der Waals surface area contributed by atoms with E-state index in [2.05, 4.69) is 81.3 Å². The van der Waals surface area contributed by atoms with Crippen molar-refractivity contribution in [1.29, 1.82) is 0 Å². The van der Waals surface area contributed by atoms with E-state index in [0.717, 1.165) is 56.8 Å². The Kier molecular flexibility index (Phi) is 7.71. The summed E-state index contributed by atoms with van der Waals surface area (Å²) in [6.07, 6.45) is 11.5. The first-order valence-corrected chi connectivity index (χ1v) is 15.0. The molecule has 0 bridgehead atoms. The third-order valence-electron chi connectivity index (χ3n) is 8.64. The van der Waals surface area contributed by atoms with Crippen LogP contribution in [0.5, 0.6) is 0 Å². The molecule has 1 aliphatic heterocycles. The molecule has 5 heterocycles. The molecule has 0 atom stereocenters. The summed E-state index contributed by atoms with van der Waals surface area (Å²) < 4.78 is 8.36. The molecular formula is C38H30IrN4O-2. The van der Waals surface area contributed by atoms with E-state index in [1.807, 2.05) is 49.5 Å². The summed E-state index contributed by atoms with van der Waals surface area (Å²) in [4.78, 5) is 13.9. The van der Waals surface area contributed by atoms with E-state index in [9.17, 15) is 0 Å². The minimum atomic E-state index is 0. The first kappa shape index (κ1) is 28.4. The zero-order valence-electron chi connectivity index (χ0n) is 24.4. The summed E-state index contributed by atoms with van der Waals surface area (Å²) in [5.41, 5.74) is 10.3. The van der Waals surface area contributed by atoms with Crippen LogP contribution in [0.3, 0.4) is 0 Å². The molecule has 1 saturated carbocycles. The van der Waals surface area contributed by atoms with E-state index in [1.54, 1.807) is 0 Å². The molecule has 9 rings (SSSR count). The number of aromatic nitrogens is 4. The Bertz CT molecular complexity index is 2140. The van der Waals surface area contributed by atoms with Gasteiger partial charge in [0.1, 0.15) is 0 Å². The minimum Gasteiger partial charge on any atom is -0.486 e. The average Bonchev–Trinajstić information content (AvgIpc) is 3.81. The number of imidazole rings is 1. The molecule has 1 aliphatic carbocycles. The van der Waals surface area contributed by atoms with Crippen molar-refractivity contribution in [3.8, 4) is 22.6 Å². The summed E-state index contributed by atoms with van der Waals surface area (Å²) in [5.74, 6) is 1.67. The molecule has 7 aromatic rings. The van der Waals surface area contributed by atoms with E-state index in [0.29, 0.717) is 11.6 Å². The van der Waals surface area contributed by atoms with Crippen molar-refractivity contribution in [1.82, 2.24) is 19.5 Å². The predicted molar refractivity (Wildman–Crippen MR) is 173 cm³/mol. The SMILES string of the molecule is Cc1ccc2c(n1)oc1c(-c3cc(C4CCCC4)ccn3)[c-]ccc12.[Ir].[c-]1ccccc1-c1nc2cccc3c2n1CC=C3. The molecule has 1 radical (unpaired) electrons. The van der Waals surface area contributed by atoms with E-state index >= 15 is 0 Å². The van der Waals surface area contributed by atoms with Crippen molar-refractivity contribution in [3.05, 3.63) is 120 Å². The Hall–Kier alpha value is -4.38. The van der Waals surface area contributed by atoms with Crippen LogP contribution in [0, 0.1) is 19.1 Å². The van der Waals surface area contributed by atoms with Gasteiger partial charge in [-0.25, -0.2) is 4.98 Å². The van der Waals surface area contributed by atoms with Gasteiger partial charge in [0, 0.05) is 43.9 Å². The van der Waals surface area contributed by atoms with Crippen LogP contribution in [0.4, 0.5) is 0 Å². The quantitative estimate of drug-likeness (QED) is 0.169. The monoisotopic (exact) mass is 751 g/mol. The zero-order chi connectivity index (χ0) is 28.8. The van der Waals surface area contributed by atoms with Gasteiger partial charge in [-0.2, -0.15) is 0 Å². The number of allylic oxidation sites excluding steroid dienone is 1. The van der Waals surface area contributed by atoms with Gasteiger partial charge in [-0.05, 0) is 61.2 Å². The molecule has 5 nitrogen and oxygen atoms in total. The van der Waals surface area contributed by atoms with Gasteiger partial charge in [-0.15, -0.1) is 54.1 Å². The van der Waals surface area contributed by atoms with Crippen LogP contribution in [-0.4, -0.2) is 19.5 Å². The fourth-order valence-corrected chi connectivity index (χ4v) is 6.55. The summed E-state index contributed by atoms with van der Waals surface area (Å²) in [6, 6.07) is 33.3. The van der Waals surface area contributed by atoms with E-state index in [-0.39, 0.29) is 20.1 Å². The van der Waals surface area contributed by atoms with Crippen LogP contribution in [0.15, 0.2) is 95.6 Å². The molecule has 0 unspecified atom stereocenters. The number of nitrogens with zero attached hydrogens (tertiary/aromatic N) is 4. The number of fused-ring (bicyclic) bond motifs is 3. The Labute approximate surface area is 270 Å². The third kappa shape index (κ3) is 5.08. The number of furan rings is 1. The largest absolute Gasteiger partial charge is 0.486 e. The van der Waals surface area contributed by atoms with E-state index in [1.165, 1.54) is 42.3 Å². The van der Waals surface area contributed by atoms with Crippen molar-refractivity contribution in [2.75, 3.05) is 0 Å². The topological polar surface area (TPSA) is 56.7 Å². The molecule has 1 fully saturated rings. The van der Waals surface area contributed by atoms with Gasteiger partial charge in [-0.1, -0.05) is 59.7 Å². The molecule has 219 valence electrons. The number of rotatable bonds is 3. The first-order valence-electron chi connectivity index (χ1n) is 15.0.